The summed E-state index contributed by atoms with van der Waals surface area (Å²) in [5.74, 6) is 1.47. The lowest BCUT2D eigenvalue weighted by Gasteiger charge is -2.16. The standard InChI is InChI=1S/C14H14O/c1-9-3-5-13-11(7-9)12-8-10(2)4-6-14(12)15-13/h3-8,11,13H,1-2H3. The number of benzene rings is 1. The van der Waals surface area contributed by atoms with Crippen molar-refractivity contribution in [1.82, 2.24) is 0 Å². The molecule has 1 aromatic rings. The molecule has 0 spiro atoms. The average molecular weight is 198 g/mol. The second kappa shape index (κ2) is 2.99. The Hall–Kier alpha value is -1.50. The number of hydrogen-bond acceptors (Lipinski definition) is 1. The molecule has 76 valence electrons. The van der Waals surface area contributed by atoms with Gasteiger partial charge in [0, 0.05) is 11.5 Å². The first-order valence-corrected chi connectivity index (χ1v) is 5.38. The summed E-state index contributed by atoms with van der Waals surface area (Å²) in [6, 6.07) is 6.43. The van der Waals surface area contributed by atoms with E-state index in [0.717, 1.165) is 5.75 Å². The van der Waals surface area contributed by atoms with Crippen molar-refractivity contribution in [3.63, 3.8) is 0 Å². The van der Waals surface area contributed by atoms with Crippen LogP contribution < -0.4 is 4.74 Å². The van der Waals surface area contributed by atoms with Crippen LogP contribution in [0.3, 0.4) is 0 Å². The highest BCUT2D eigenvalue weighted by molar-refractivity contribution is 5.49. The van der Waals surface area contributed by atoms with Crippen LogP contribution in [0.2, 0.25) is 0 Å². The van der Waals surface area contributed by atoms with Crippen LogP contribution in [-0.4, -0.2) is 6.10 Å². The third-order valence-corrected chi connectivity index (χ3v) is 3.13. The minimum Gasteiger partial charge on any atom is -0.485 e. The molecule has 0 N–H and O–H groups in total. The fourth-order valence-corrected chi connectivity index (χ4v) is 2.36. The molecule has 1 heterocycles. The molecule has 2 unspecified atom stereocenters. The van der Waals surface area contributed by atoms with E-state index < -0.39 is 0 Å². The second-order valence-corrected chi connectivity index (χ2v) is 4.42. The number of hydrogen-bond donors (Lipinski definition) is 0. The largest absolute Gasteiger partial charge is 0.485 e. The van der Waals surface area contributed by atoms with Crippen LogP contribution in [0.4, 0.5) is 0 Å². The van der Waals surface area contributed by atoms with Gasteiger partial charge in [0.25, 0.3) is 0 Å². The van der Waals surface area contributed by atoms with Gasteiger partial charge in [0.15, 0.2) is 0 Å². The maximum atomic E-state index is 5.88. The Morgan fingerprint density at radius 3 is 2.93 bits per heavy atom. The van der Waals surface area contributed by atoms with Crippen molar-refractivity contribution in [2.75, 3.05) is 0 Å². The molecule has 0 fully saturated rings. The van der Waals surface area contributed by atoms with Crippen molar-refractivity contribution in [1.29, 1.82) is 0 Å². The zero-order valence-corrected chi connectivity index (χ0v) is 9.03. The number of fused-ring (bicyclic) bond motifs is 3. The first kappa shape index (κ1) is 8.78. The van der Waals surface area contributed by atoms with E-state index in [1.54, 1.807) is 0 Å². The lowest BCUT2D eigenvalue weighted by Crippen LogP contribution is -2.16. The normalized spacial score (nSPS) is 26.7. The molecule has 0 bridgehead atoms. The van der Waals surface area contributed by atoms with Gasteiger partial charge in [0.05, 0.1) is 0 Å². The predicted molar refractivity (Wildman–Crippen MR) is 61.2 cm³/mol. The Morgan fingerprint density at radius 2 is 2.07 bits per heavy atom. The molecular weight excluding hydrogens is 184 g/mol. The van der Waals surface area contributed by atoms with Gasteiger partial charge in [-0.05, 0) is 26.0 Å². The first-order chi connectivity index (χ1) is 7.24. The average Bonchev–Trinajstić information content (AvgIpc) is 2.56. The van der Waals surface area contributed by atoms with E-state index in [9.17, 15) is 0 Å². The van der Waals surface area contributed by atoms with Crippen LogP contribution in [0.15, 0.2) is 42.0 Å². The molecule has 1 heteroatoms. The predicted octanol–water partition coefficient (Wildman–Crippen LogP) is 3.36. The first-order valence-electron chi connectivity index (χ1n) is 5.38. The van der Waals surface area contributed by atoms with Gasteiger partial charge in [-0.2, -0.15) is 0 Å². The minimum absolute atomic E-state index is 0.213. The van der Waals surface area contributed by atoms with Crippen molar-refractivity contribution in [2.24, 2.45) is 0 Å². The van der Waals surface area contributed by atoms with Crippen LogP contribution in [0.25, 0.3) is 0 Å². The summed E-state index contributed by atoms with van der Waals surface area (Å²) in [4.78, 5) is 0. The van der Waals surface area contributed by atoms with E-state index in [4.69, 9.17) is 4.74 Å². The van der Waals surface area contributed by atoms with E-state index >= 15 is 0 Å². The zero-order valence-electron chi connectivity index (χ0n) is 9.03. The summed E-state index contributed by atoms with van der Waals surface area (Å²) < 4.78 is 5.88. The van der Waals surface area contributed by atoms with Crippen molar-refractivity contribution >= 4 is 0 Å². The smallest absolute Gasteiger partial charge is 0.128 e. The Bertz CT molecular complexity index is 468. The molecule has 3 rings (SSSR count). The second-order valence-electron chi connectivity index (χ2n) is 4.42. The Kier molecular flexibility index (Phi) is 1.75. The third kappa shape index (κ3) is 1.30. The molecular formula is C14H14O. The molecule has 1 aromatic carbocycles. The molecule has 0 radical (unpaired) electrons. The molecule has 0 saturated heterocycles. The summed E-state index contributed by atoms with van der Waals surface area (Å²) in [5.41, 5.74) is 3.97. The van der Waals surface area contributed by atoms with Gasteiger partial charge in [-0.15, -0.1) is 0 Å². The molecule has 15 heavy (non-hydrogen) atoms. The fourth-order valence-electron chi connectivity index (χ4n) is 2.36. The van der Waals surface area contributed by atoms with Crippen molar-refractivity contribution in [2.45, 2.75) is 25.9 Å². The lowest BCUT2D eigenvalue weighted by molar-refractivity contribution is 0.268. The fraction of sp³-hybridized carbons (Fsp3) is 0.286. The molecule has 2 aliphatic rings. The van der Waals surface area contributed by atoms with Crippen LogP contribution in [0.1, 0.15) is 24.0 Å². The van der Waals surface area contributed by atoms with Gasteiger partial charge in [0.2, 0.25) is 0 Å². The highest BCUT2D eigenvalue weighted by Gasteiger charge is 2.32. The molecule has 1 nitrogen and oxygen atoms in total. The van der Waals surface area contributed by atoms with Gasteiger partial charge < -0.3 is 4.74 Å². The molecule has 0 amide bonds. The number of allylic oxidation sites excluding steroid dienone is 2. The van der Waals surface area contributed by atoms with Crippen molar-refractivity contribution < 1.29 is 4.74 Å². The van der Waals surface area contributed by atoms with Gasteiger partial charge in [-0.1, -0.05) is 35.4 Å². The van der Waals surface area contributed by atoms with Gasteiger partial charge >= 0.3 is 0 Å². The maximum Gasteiger partial charge on any atom is 0.128 e. The summed E-state index contributed by atoms with van der Waals surface area (Å²) in [5, 5.41) is 0. The summed E-state index contributed by atoms with van der Waals surface area (Å²) in [6.07, 6.45) is 6.82. The summed E-state index contributed by atoms with van der Waals surface area (Å²) in [6.45, 7) is 4.27. The zero-order chi connectivity index (χ0) is 10.4. The number of rotatable bonds is 0. The Morgan fingerprint density at radius 1 is 1.20 bits per heavy atom. The van der Waals surface area contributed by atoms with E-state index in [1.807, 2.05) is 0 Å². The third-order valence-electron chi connectivity index (χ3n) is 3.13. The van der Waals surface area contributed by atoms with Crippen molar-refractivity contribution in [3.8, 4) is 5.75 Å². The number of ether oxygens (including phenoxy) is 1. The van der Waals surface area contributed by atoms with Gasteiger partial charge in [0.1, 0.15) is 11.9 Å². The van der Waals surface area contributed by atoms with E-state index in [1.165, 1.54) is 16.7 Å². The highest BCUT2D eigenvalue weighted by Crippen LogP contribution is 2.42. The van der Waals surface area contributed by atoms with Crippen LogP contribution >= 0.6 is 0 Å². The van der Waals surface area contributed by atoms with Crippen LogP contribution in [-0.2, 0) is 0 Å². The molecule has 0 aromatic heterocycles. The summed E-state index contributed by atoms with van der Waals surface area (Å²) >= 11 is 0. The maximum absolute atomic E-state index is 5.88. The van der Waals surface area contributed by atoms with Gasteiger partial charge in [-0.25, -0.2) is 0 Å². The van der Waals surface area contributed by atoms with Gasteiger partial charge in [-0.3, -0.25) is 0 Å². The summed E-state index contributed by atoms with van der Waals surface area (Å²) in [7, 11) is 0. The van der Waals surface area contributed by atoms with Crippen LogP contribution in [0.5, 0.6) is 5.75 Å². The molecule has 0 saturated carbocycles. The highest BCUT2D eigenvalue weighted by atomic mass is 16.5. The van der Waals surface area contributed by atoms with Crippen molar-refractivity contribution in [3.05, 3.63) is 53.1 Å². The SMILES string of the molecule is CC1=CC2c3cc(C)ccc3OC2C=C1. The van der Waals surface area contributed by atoms with E-state index in [2.05, 4.69) is 50.3 Å². The molecule has 1 aliphatic carbocycles. The monoisotopic (exact) mass is 198 g/mol. The van der Waals surface area contributed by atoms with E-state index in [-0.39, 0.29) is 6.10 Å². The quantitative estimate of drug-likeness (QED) is 0.621. The lowest BCUT2D eigenvalue weighted by atomic mass is 9.89. The number of aryl methyl sites for hydroxylation is 1. The van der Waals surface area contributed by atoms with E-state index in [0.29, 0.717) is 5.92 Å². The topological polar surface area (TPSA) is 9.23 Å². The Balaban J connectivity index is 2.11. The minimum atomic E-state index is 0.213. The Labute approximate surface area is 90.1 Å². The molecule has 2 atom stereocenters. The van der Waals surface area contributed by atoms with Crippen LogP contribution in [0, 0.1) is 6.92 Å². The molecule has 1 aliphatic heterocycles.